The molecule has 1 aliphatic heterocycles. The van der Waals surface area contributed by atoms with Crippen LogP contribution in [-0.4, -0.2) is 43.8 Å². The lowest BCUT2D eigenvalue weighted by molar-refractivity contribution is -0.145. The molecule has 22 heavy (non-hydrogen) atoms. The summed E-state index contributed by atoms with van der Waals surface area (Å²) in [5.41, 5.74) is 2.03. The Morgan fingerprint density at radius 3 is 2.64 bits per heavy atom. The van der Waals surface area contributed by atoms with Crippen molar-refractivity contribution in [1.82, 2.24) is 5.32 Å². The molecule has 1 aromatic carbocycles. The van der Waals surface area contributed by atoms with E-state index in [9.17, 15) is 9.59 Å². The first-order valence-corrected chi connectivity index (χ1v) is 9.02. The summed E-state index contributed by atoms with van der Waals surface area (Å²) in [6.07, 6.45) is 6.60. The number of fused-ring (bicyclic) bond motifs is 1. The molecule has 2 rings (SSSR count). The van der Waals surface area contributed by atoms with Crippen molar-refractivity contribution < 1.29 is 14.3 Å². The van der Waals surface area contributed by atoms with Gasteiger partial charge in [0.15, 0.2) is 4.75 Å². The molecule has 1 amide bonds. The molecule has 0 fully saturated rings. The van der Waals surface area contributed by atoms with Crippen LogP contribution in [0.4, 0.5) is 5.69 Å². The van der Waals surface area contributed by atoms with Crippen molar-refractivity contribution in [2.24, 2.45) is 4.99 Å². The summed E-state index contributed by atoms with van der Waals surface area (Å²) < 4.78 is 4.48. The van der Waals surface area contributed by atoms with Gasteiger partial charge in [0.05, 0.1) is 31.5 Å². The Morgan fingerprint density at radius 2 is 2.05 bits per heavy atom. The third-order valence-electron chi connectivity index (χ3n) is 3.87. The van der Waals surface area contributed by atoms with Gasteiger partial charge in [-0.25, -0.2) is 4.79 Å². The molecule has 0 spiro atoms. The van der Waals surface area contributed by atoms with Crippen molar-refractivity contribution in [2.45, 2.75) is 24.1 Å². The highest BCUT2D eigenvalue weighted by atomic mass is 32.2. The Hall–Kier alpha value is -1.82. The largest absolute Gasteiger partial charge is 0.467 e. The lowest BCUT2D eigenvalue weighted by Gasteiger charge is -2.28. The highest BCUT2D eigenvalue weighted by molar-refractivity contribution is 7.97. The first kappa shape index (κ1) is 16.5. The molecule has 0 bridgehead atoms. The van der Waals surface area contributed by atoms with Crippen molar-refractivity contribution in [1.29, 1.82) is 0 Å². The summed E-state index contributed by atoms with van der Waals surface area (Å²) in [7, 11) is 1.26. The number of carbonyl (C=O) groups is 2. The maximum Gasteiger partial charge on any atom is 0.328 e. The minimum atomic E-state index is -0.685. The number of nitrogens with zero attached hydrogens (tertiary/aromatic N) is 1. The molecule has 118 valence electrons. The SMILES string of the molecule is COC(=O)[C@H](CC1([S+](C)C)C=Nc2ccccc21)NC(C)=O. The van der Waals surface area contributed by atoms with Crippen molar-refractivity contribution in [2.75, 3.05) is 19.6 Å². The molecule has 1 aromatic rings. The summed E-state index contributed by atoms with van der Waals surface area (Å²) >= 11 is 0. The highest BCUT2D eigenvalue weighted by Gasteiger charge is 2.50. The number of rotatable bonds is 5. The number of esters is 1. The number of aliphatic imine (C=N–C) groups is 1. The van der Waals surface area contributed by atoms with Crippen LogP contribution < -0.4 is 5.32 Å². The van der Waals surface area contributed by atoms with Gasteiger partial charge in [0.1, 0.15) is 6.04 Å². The molecule has 6 heteroatoms. The molecule has 2 atom stereocenters. The summed E-state index contributed by atoms with van der Waals surface area (Å²) in [5.74, 6) is -0.682. The van der Waals surface area contributed by atoms with E-state index < -0.39 is 12.0 Å². The number of nitrogens with one attached hydrogen (secondary N) is 1. The number of methoxy groups -OCH3 is 1. The minimum absolute atomic E-state index is 0.0732. The Labute approximate surface area is 133 Å². The smallest absolute Gasteiger partial charge is 0.328 e. The van der Waals surface area contributed by atoms with Gasteiger partial charge >= 0.3 is 5.97 Å². The normalized spacial score (nSPS) is 20.6. The van der Waals surface area contributed by atoms with Gasteiger partial charge in [-0.1, -0.05) is 18.2 Å². The van der Waals surface area contributed by atoms with Crippen LogP contribution in [0.3, 0.4) is 0 Å². The molecule has 1 heterocycles. The van der Waals surface area contributed by atoms with Crippen molar-refractivity contribution in [3.63, 3.8) is 0 Å². The van der Waals surface area contributed by atoms with E-state index >= 15 is 0 Å². The Balaban J connectivity index is 2.39. The predicted octanol–water partition coefficient (Wildman–Crippen LogP) is 1.54. The van der Waals surface area contributed by atoms with E-state index in [-0.39, 0.29) is 21.5 Å². The summed E-state index contributed by atoms with van der Waals surface area (Å²) in [6, 6.07) is 7.24. The summed E-state index contributed by atoms with van der Waals surface area (Å²) in [4.78, 5) is 28.0. The number of benzene rings is 1. The summed E-state index contributed by atoms with van der Waals surface area (Å²) in [5, 5.41) is 2.70. The third-order valence-corrected chi connectivity index (χ3v) is 5.82. The molecular weight excluding hydrogens is 300 g/mol. The second-order valence-corrected chi connectivity index (χ2v) is 7.82. The van der Waals surface area contributed by atoms with E-state index in [1.165, 1.54) is 14.0 Å². The second-order valence-electron chi connectivity index (χ2n) is 5.46. The lowest BCUT2D eigenvalue weighted by Crippen LogP contribution is -2.48. The standard InChI is InChI=1S/C16H20N2O3S/c1-11(19)18-14(15(20)21-2)9-16(22(3)4)10-17-13-8-6-5-7-12(13)16/h5-8,10,14H,9H2,1-4H3/p+1/t14-,16?/m0/s1. The van der Waals surface area contributed by atoms with E-state index in [1.54, 1.807) is 0 Å². The quantitative estimate of drug-likeness (QED) is 0.661. The van der Waals surface area contributed by atoms with Gasteiger partial charge in [0, 0.05) is 18.9 Å². The zero-order valence-electron chi connectivity index (χ0n) is 13.3. The summed E-state index contributed by atoms with van der Waals surface area (Å²) in [6.45, 7) is 1.40. The molecule has 0 aromatic heterocycles. The van der Waals surface area contributed by atoms with Crippen LogP contribution in [0, 0.1) is 0 Å². The van der Waals surface area contributed by atoms with Crippen LogP contribution in [-0.2, 0) is 30.0 Å². The predicted molar refractivity (Wildman–Crippen MR) is 89.7 cm³/mol. The third kappa shape index (κ3) is 3.02. The van der Waals surface area contributed by atoms with Gasteiger partial charge < -0.3 is 10.1 Å². The zero-order chi connectivity index (χ0) is 16.3. The number of para-hydroxylation sites is 1. The fourth-order valence-corrected chi connectivity index (χ4v) is 4.10. The average Bonchev–Trinajstić information content (AvgIpc) is 2.86. The van der Waals surface area contributed by atoms with Gasteiger partial charge in [0.2, 0.25) is 5.91 Å². The van der Waals surface area contributed by atoms with E-state index in [4.69, 9.17) is 4.74 Å². The molecule has 1 aliphatic rings. The average molecular weight is 321 g/mol. The second kappa shape index (κ2) is 6.52. The van der Waals surface area contributed by atoms with Gasteiger partial charge in [-0.2, -0.15) is 0 Å². The van der Waals surface area contributed by atoms with E-state index in [2.05, 4.69) is 22.8 Å². The van der Waals surface area contributed by atoms with Crippen molar-refractivity contribution in [3.8, 4) is 0 Å². The highest BCUT2D eigenvalue weighted by Crippen LogP contribution is 2.43. The molecule has 1 unspecified atom stereocenters. The molecule has 0 saturated heterocycles. The number of ether oxygens (including phenoxy) is 1. The maximum absolute atomic E-state index is 12.0. The molecule has 1 N–H and O–H groups in total. The Bertz CT molecular complexity index is 615. The monoisotopic (exact) mass is 321 g/mol. The molecule has 5 nitrogen and oxygen atoms in total. The first-order chi connectivity index (χ1) is 10.4. The zero-order valence-corrected chi connectivity index (χ0v) is 14.1. The van der Waals surface area contributed by atoms with Gasteiger partial charge in [0.25, 0.3) is 0 Å². The maximum atomic E-state index is 12.0. The fraction of sp³-hybridized carbons (Fsp3) is 0.438. The van der Waals surface area contributed by atoms with Crippen LogP contribution >= 0.6 is 0 Å². The van der Waals surface area contributed by atoms with E-state index in [1.807, 2.05) is 30.5 Å². The molecule has 0 radical (unpaired) electrons. The van der Waals surface area contributed by atoms with Gasteiger partial charge in [-0.05, 0) is 17.0 Å². The lowest BCUT2D eigenvalue weighted by atomic mass is 9.92. The van der Waals surface area contributed by atoms with Crippen molar-refractivity contribution in [3.05, 3.63) is 29.8 Å². The number of hydrogen-bond donors (Lipinski definition) is 1. The molecule has 0 saturated carbocycles. The van der Waals surface area contributed by atoms with Crippen LogP contribution in [0.2, 0.25) is 0 Å². The van der Waals surface area contributed by atoms with Crippen LogP contribution in [0.1, 0.15) is 18.9 Å². The Morgan fingerprint density at radius 1 is 1.36 bits per heavy atom. The van der Waals surface area contributed by atoms with Crippen LogP contribution in [0.5, 0.6) is 0 Å². The van der Waals surface area contributed by atoms with Gasteiger partial charge in [-0.3, -0.25) is 9.79 Å². The number of hydrogen-bond acceptors (Lipinski definition) is 4. The van der Waals surface area contributed by atoms with Crippen LogP contribution in [0.15, 0.2) is 29.3 Å². The molecular formula is C16H21N2O3S+. The van der Waals surface area contributed by atoms with E-state index in [0.717, 1.165) is 11.3 Å². The Kier molecular flexibility index (Phi) is 4.90. The number of amides is 1. The van der Waals surface area contributed by atoms with Crippen LogP contribution in [0.25, 0.3) is 0 Å². The van der Waals surface area contributed by atoms with Crippen molar-refractivity contribution >= 4 is 34.7 Å². The van der Waals surface area contributed by atoms with E-state index in [0.29, 0.717) is 6.42 Å². The minimum Gasteiger partial charge on any atom is -0.467 e. The first-order valence-electron chi connectivity index (χ1n) is 6.98. The topological polar surface area (TPSA) is 67.8 Å². The molecule has 0 aliphatic carbocycles. The van der Waals surface area contributed by atoms with Gasteiger partial charge in [-0.15, -0.1) is 0 Å². The number of carbonyl (C=O) groups excluding carboxylic acids is 2. The fourth-order valence-electron chi connectivity index (χ4n) is 2.73.